The summed E-state index contributed by atoms with van der Waals surface area (Å²) in [5.41, 5.74) is 6.29. The number of aromatic nitrogens is 2. The molecule has 0 saturated heterocycles. The molecule has 2 amide bonds. The number of nitriles is 1. The highest BCUT2D eigenvalue weighted by molar-refractivity contribution is 5.95. The molecular formula is C30H27N7O2. The largest absolute Gasteiger partial charge is 0.336 e. The zero-order valence-corrected chi connectivity index (χ0v) is 21.5. The molecule has 9 heteroatoms. The molecule has 2 aromatic carbocycles. The molecule has 0 N–H and O–H groups in total. The van der Waals surface area contributed by atoms with Crippen LogP contribution < -0.4 is 10.7 Å². The van der Waals surface area contributed by atoms with Crippen molar-refractivity contribution in [2.45, 2.75) is 37.6 Å². The van der Waals surface area contributed by atoms with E-state index in [1.165, 1.54) is 24.5 Å². The third kappa shape index (κ3) is 3.78. The molecule has 7 rings (SSSR count). The van der Waals surface area contributed by atoms with E-state index in [9.17, 15) is 14.9 Å². The minimum absolute atomic E-state index is 0.156. The zero-order chi connectivity index (χ0) is 26.7. The van der Waals surface area contributed by atoms with E-state index >= 15 is 0 Å². The van der Waals surface area contributed by atoms with E-state index in [0.29, 0.717) is 60.2 Å². The van der Waals surface area contributed by atoms with Crippen LogP contribution in [0.15, 0.2) is 59.0 Å². The summed E-state index contributed by atoms with van der Waals surface area (Å²) < 4.78 is 2.04. The van der Waals surface area contributed by atoms with Crippen molar-refractivity contribution in [1.82, 2.24) is 19.6 Å². The smallest absolute Gasteiger partial charge is 0.256 e. The fourth-order valence-electron chi connectivity index (χ4n) is 6.18. The van der Waals surface area contributed by atoms with E-state index < -0.39 is 0 Å². The number of nitrogens with zero attached hydrogens (tertiary/aromatic N) is 7. The van der Waals surface area contributed by atoms with Crippen molar-refractivity contribution in [1.29, 1.82) is 5.26 Å². The van der Waals surface area contributed by atoms with Crippen LogP contribution in [0.1, 0.15) is 63.2 Å². The van der Waals surface area contributed by atoms with Gasteiger partial charge in [-0.25, -0.2) is 4.68 Å². The Bertz CT molecular complexity index is 1710. The Balaban J connectivity index is 1.31. The normalized spacial score (nSPS) is 19.2. The van der Waals surface area contributed by atoms with Gasteiger partial charge in [0.1, 0.15) is 18.1 Å². The van der Waals surface area contributed by atoms with Crippen molar-refractivity contribution in [2.75, 3.05) is 26.3 Å². The van der Waals surface area contributed by atoms with Gasteiger partial charge in [-0.2, -0.15) is 10.4 Å². The van der Waals surface area contributed by atoms with Crippen LogP contribution in [-0.4, -0.2) is 57.7 Å². The highest BCUT2D eigenvalue weighted by Gasteiger charge is 2.40. The fraction of sp³-hybridized carbons (Fsp3) is 0.333. The van der Waals surface area contributed by atoms with Crippen LogP contribution in [0.3, 0.4) is 0 Å². The first kappa shape index (κ1) is 23.5. The zero-order valence-electron chi connectivity index (χ0n) is 21.5. The number of carbonyl (C=O) groups is 2. The molecule has 1 aromatic heterocycles. The van der Waals surface area contributed by atoms with Gasteiger partial charge < -0.3 is 9.80 Å². The van der Waals surface area contributed by atoms with Crippen molar-refractivity contribution in [3.8, 4) is 11.8 Å². The standard InChI is InChI=1S/C30H27N7O2/c1-2-26(38)35-13-11-23-27-24(37(34-23)21-8-5-19(6-9-21)18-3-4-18)12-14-36(25(27)16-35)30(39)22-10-7-20(15-31)28-29(22)33-17-32-28/h2,5-10,18,25H,1,3-4,11-14,16-17H2. The summed E-state index contributed by atoms with van der Waals surface area (Å²) in [6.07, 6.45) is 5.10. The number of amides is 2. The number of hydrogen-bond donors (Lipinski definition) is 0. The minimum atomic E-state index is -0.355. The van der Waals surface area contributed by atoms with Gasteiger partial charge in [-0.15, -0.1) is 0 Å². The van der Waals surface area contributed by atoms with E-state index in [4.69, 9.17) is 5.10 Å². The minimum Gasteiger partial charge on any atom is -0.336 e. The molecule has 0 radical (unpaired) electrons. The van der Waals surface area contributed by atoms with Gasteiger partial charge in [-0.1, -0.05) is 18.7 Å². The van der Waals surface area contributed by atoms with Crippen LogP contribution in [-0.2, 0) is 17.6 Å². The Kier molecular flexibility index (Phi) is 5.44. The van der Waals surface area contributed by atoms with Gasteiger partial charge in [0.05, 0.1) is 39.6 Å². The lowest BCUT2D eigenvalue weighted by Crippen LogP contribution is -2.47. The lowest BCUT2D eigenvalue weighted by Gasteiger charge is -2.37. The lowest BCUT2D eigenvalue weighted by molar-refractivity contribution is -0.126. The summed E-state index contributed by atoms with van der Waals surface area (Å²) in [7, 11) is 0. The monoisotopic (exact) mass is 517 g/mol. The van der Waals surface area contributed by atoms with Gasteiger partial charge in [0, 0.05) is 38.0 Å². The summed E-state index contributed by atoms with van der Waals surface area (Å²) in [5.74, 6) is 0.358. The molecule has 39 heavy (non-hydrogen) atoms. The van der Waals surface area contributed by atoms with Crippen molar-refractivity contribution in [2.24, 2.45) is 9.98 Å². The molecular weight excluding hydrogens is 490 g/mol. The topological polar surface area (TPSA) is 107 Å². The number of hydrogen-bond acceptors (Lipinski definition) is 6. The van der Waals surface area contributed by atoms with E-state index in [1.807, 2.05) is 9.58 Å². The molecule has 4 aliphatic rings. The second kappa shape index (κ2) is 9.02. The summed E-state index contributed by atoms with van der Waals surface area (Å²) in [6.45, 7) is 5.24. The predicted molar refractivity (Wildman–Crippen MR) is 142 cm³/mol. The molecule has 1 unspecified atom stereocenters. The third-order valence-electron chi connectivity index (χ3n) is 8.30. The number of fused-ring (bicyclic) bond motifs is 1. The molecule has 3 aliphatic heterocycles. The van der Waals surface area contributed by atoms with Crippen molar-refractivity contribution in [3.05, 3.63) is 93.4 Å². The fourth-order valence-corrected chi connectivity index (χ4v) is 6.18. The Morgan fingerprint density at radius 1 is 1.03 bits per heavy atom. The molecule has 1 saturated carbocycles. The Labute approximate surface area is 225 Å². The van der Waals surface area contributed by atoms with Gasteiger partial charge in [0.25, 0.3) is 5.91 Å². The van der Waals surface area contributed by atoms with E-state index in [1.54, 1.807) is 17.0 Å². The highest BCUT2D eigenvalue weighted by Crippen LogP contribution is 2.41. The number of carbonyl (C=O) groups excluding carboxylic acids is 2. The van der Waals surface area contributed by atoms with Crippen LogP contribution in [0.5, 0.6) is 0 Å². The highest BCUT2D eigenvalue weighted by atomic mass is 16.2. The molecule has 0 spiro atoms. The second-order valence-corrected chi connectivity index (χ2v) is 10.5. The summed E-state index contributed by atoms with van der Waals surface area (Å²) in [5, 5.41) is 15.5. The molecule has 9 nitrogen and oxygen atoms in total. The number of rotatable bonds is 4. The summed E-state index contributed by atoms with van der Waals surface area (Å²) in [4.78, 5) is 39.2. The van der Waals surface area contributed by atoms with Gasteiger partial charge in [0.15, 0.2) is 0 Å². The SMILES string of the molecule is C=CC(=O)N1CCc2nn(-c3ccc(C4CC4)cc3)c3c2C(C1)N(C(=O)c1ccc(C#N)c2c1=NCN=2)CC3. The van der Waals surface area contributed by atoms with Crippen molar-refractivity contribution < 1.29 is 9.59 Å². The third-order valence-corrected chi connectivity index (χ3v) is 8.30. The average Bonchev–Trinajstić information content (AvgIpc) is 3.64. The Morgan fingerprint density at radius 3 is 2.56 bits per heavy atom. The van der Waals surface area contributed by atoms with Crippen LogP contribution in [0.4, 0.5) is 0 Å². The van der Waals surface area contributed by atoms with Crippen LogP contribution in [0.25, 0.3) is 5.69 Å². The van der Waals surface area contributed by atoms with Gasteiger partial charge in [-0.05, 0) is 54.7 Å². The van der Waals surface area contributed by atoms with Crippen molar-refractivity contribution >= 4 is 11.8 Å². The molecule has 1 fully saturated rings. The van der Waals surface area contributed by atoms with Crippen LogP contribution >= 0.6 is 0 Å². The maximum absolute atomic E-state index is 14.1. The maximum atomic E-state index is 14.1. The molecule has 3 aromatic rings. The molecule has 1 aliphatic carbocycles. The van der Waals surface area contributed by atoms with E-state index in [0.717, 1.165) is 22.6 Å². The Hall–Kier alpha value is -4.58. The van der Waals surface area contributed by atoms with Gasteiger partial charge in [0.2, 0.25) is 5.91 Å². The summed E-state index contributed by atoms with van der Waals surface area (Å²) >= 11 is 0. The average molecular weight is 518 g/mol. The molecule has 1 atom stereocenters. The van der Waals surface area contributed by atoms with E-state index in [2.05, 4.69) is 46.9 Å². The predicted octanol–water partition coefficient (Wildman–Crippen LogP) is 2.14. The van der Waals surface area contributed by atoms with Gasteiger partial charge in [-0.3, -0.25) is 19.6 Å². The van der Waals surface area contributed by atoms with Crippen molar-refractivity contribution in [3.63, 3.8) is 0 Å². The van der Waals surface area contributed by atoms with Crippen LogP contribution in [0, 0.1) is 11.3 Å². The first-order valence-corrected chi connectivity index (χ1v) is 13.4. The Morgan fingerprint density at radius 2 is 1.82 bits per heavy atom. The van der Waals surface area contributed by atoms with Crippen LogP contribution in [0.2, 0.25) is 0 Å². The first-order chi connectivity index (χ1) is 19.1. The molecule has 4 heterocycles. The quantitative estimate of drug-likeness (QED) is 0.494. The maximum Gasteiger partial charge on any atom is 0.256 e. The van der Waals surface area contributed by atoms with E-state index in [-0.39, 0.29) is 24.5 Å². The lowest BCUT2D eigenvalue weighted by atomic mass is 9.94. The first-order valence-electron chi connectivity index (χ1n) is 13.4. The number of benzene rings is 2. The molecule has 0 bridgehead atoms. The molecule has 194 valence electrons. The summed E-state index contributed by atoms with van der Waals surface area (Å²) in [6, 6.07) is 13.8. The second-order valence-electron chi connectivity index (χ2n) is 10.5. The van der Waals surface area contributed by atoms with Gasteiger partial charge >= 0.3 is 0 Å².